The van der Waals surface area contributed by atoms with E-state index in [0.29, 0.717) is 6.42 Å². The quantitative estimate of drug-likeness (QED) is 0.933. The van der Waals surface area contributed by atoms with E-state index >= 15 is 0 Å². The number of carbonyl (C=O) groups excluding carboxylic acids is 2. The number of para-hydroxylation sites is 2. The Bertz CT molecular complexity index is 830. The van der Waals surface area contributed by atoms with E-state index in [-0.39, 0.29) is 23.7 Å². The maximum atomic E-state index is 12.9. The van der Waals surface area contributed by atoms with Crippen LogP contribution in [0.15, 0.2) is 48.5 Å². The zero-order valence-electron chi connectivity index (χ0n) is 14.4. The molecule has 25 heavy (non-hydrogen) atoms. The van der Waals surface area contributed by atoms with Crippen molar-refractivity contribution in [2.75, 3.05) is 16.8 Å². The molecule has 2 aromatic carbocycles. The van der Waals surface area contributed by atoms with E-state index in [9.17, 15) is 9.59 Å². The second-order valence-corrected chi connectivity index (χ2v) is 6.98. The largest absolute Gasteiger partial charge is 0.326 e. The van der Waals surface area contributed by atoms with Crippen molar-refractivity contribution in [3.05, 3.63) is 59.7 Å². The van der Waals surface area contributed by atoms with E-state index in [1.807, 2.05) is 54.3 Å². The summed E-state index contributed by atoms with van der Waals surface area (Å²) in [5.74, 6) is -0.341. The van der Waals surface area contributed by atoms with Gasteiger partial charge in [0.05, 0.1) is 11.8 Å². The van der Waals surface area contributed by atoms with Crippen molar-refractivity contribution in [2.24, 2.45) is 11.8 Å². The van der Waals surface area contributed by atoms with Crippen LogP contribution in [-0.4, -0.2) is 18.4 Å². The third-order valence-corrected chi connectivity index (χ3v) is 5.22. The van der Waals surface area contributed by atoms with Crippen LogP contribution in [0.5, 0.6) is 0 Å². The van der Waals surface area contributed by atoms with Crippen molar-refractivity contribution < 1.29 is 9.59 Å². The predicted octanol–water partition coefficient (Wildman–Crippen LogP) is 3.55. The summed E-state index contributed by atoms with van der Waals surface area (Å²) in [6, 6.07) is 15.8. The number of fused-ring (bicyclic) bond motifs is 1. The molecule has 0 bridgehead atoms. The summed E-state index contributed by atoms with van der Waals surface area (Å²) < 4.78 is 0. The number of hydrogen-bond acceptors (Lipinski definition) is 2. The van der Waals surface area contributed by atoms with Gasteiger partial charge in [0.15, 0.2) is 0 Å². The average Bonchev–Trinajstić information content (AvgIpc) is 3.43. The molecule has 2 atom stereocenters. The summed E-state index contributed by atoms with van der Waals surface area (Å²) in [4.78, 5) is 27.3. The Labute approximate surface area is 147 Å². The van der Waals surface area contributed by atoms with Crippen LogP contribution in [-0.2, 0) is 16.0 Å². The van der Waals surface area contributed by atoms with E-state index in [1.54, 1.807) is 0 Å². The highest BCUT2D eigenvalue weighted by molar-refractivity contribution is 6.04. The molecule has 4 nitrogen and oxygen atoms in total. The van der Waals surface area contributed by atoms with Crippen LogP contribution in [0.25, 0.3) is 0 Å². The standard InChI is InChI=1S/C21H22N2O2/c1-14-7-2-4-10-18(14)22-20(24)16-13-17(16)21(25)23-12-6-9-15-8-3-5-11-19(15)23/h2-5,7-8,10-11,16-17H,6,9,12-13H2,1H3,(H,22,24). The number of carbonyl (C=O) groups is 2. The van der Waals surface area contributed by atoms with E-state index in [0.717, 1.165) is 36.3 Å². The Balaban J connectivity index is 1.44. The van der Waals surface area contributed by atoms with Gasteiger partial charge in [0.25, 0.3) is 0 Å². The lowest BCUT2D eigenvalue weighted by Crippen LogP contribution is -2.37. The fraction of sp³-hybridized carbons (Fsp3) is 0.333. The molecule has 0 aromatic heterocycles. The first-order chi connectivity index (χ1) is 12.1. The minimum atomic E-state index is -0.207. The van der Waals surface area contributed by atoms with Gasteiger partial charge in [0.2, 0.25) is 11.8 Å². The zero-order valence-corrected chi connectivity index (χ0v) is 14.4. The lowest BCUT2D eigenvalue weighted by Gasteiger charge is -2.29. The highest BCUT2D eigenvalue weighted by Gasteiger charge is 2.50. The predicted molar refractivity (Wildman–Crippen MR) is 98.5 cm³/mol. The lowest BCUT2D eigenvalue weighted by molar-refractivity contribution is -0.123. The maximum absolute atomic E-state index is 12.9. The van der Waals surface area contributed by atoms with Gasteiger partial charge in [-0.25, -0.2) is 0 Å². The zero-order chi connectivity index (χ0) is 17.4. The normalized spacial score (nSPS) is 21.4. The minimum Gasteiger partial charge on any atom is -0.326 e. The number of nitrogens with one attached hydrogen (secondary N) is 1. The van der Waals surface area contributed by atoms with Crippen molar-refractivity contribution >= 4 is 23.2 Å². The molecule has 4 rings (SSSR count). The SMILES string of the molecule is Cc1ccccc1NC(=O)C1CC1C(=O)N1CCCc2ccccc21. The molecule has 4 heteroatoms. The highest BCUT2D eigenvalue weighted by atomic mass is 16.2. The van der Waals surface area contributed by atoms with E-state index in [4.69, 9.17) is 0 Å². The van der Waals surface area contributed by atoms with Gasteiger partial charge in [-0.15, -0.1) is 0 Å². The van der Waals surface area contributed by atoms with Gasteiger partial charge in [-0.05, 0) is 49.4 Å². The molecule has 2 amide bonds. The average molecular weight is 334 g/mol. The summed E-state index contributed by atoms with van der Waals surface area (Å²) in [5.41, 5.74) is 4.10. The van der Waals surface area contributed by atoms with Crippen LogP contribution < -0.4 is 10.2 Å². The Kier molecular flexibility index (Phi) is 4.04. The van der Waals surface area contributed by atoms with E-state index in [2.05, 4.69) is 11.4 Å². The van der Waals surface area contributed by atoms with Crippen LogP contribution in [0.4, 0.5) is 11.4 Å². The van der Waals surface area contributed by atoms with Gasteiger partial charge in [-0.2, -0.15) is 0 Å². The van der Waals surface area contributed by atoms with Gasteiger partial charge in [-0.3, -0.25) is 9.59 Å². The summed E-state index contributed by atoms with van der Waals surface area (Å²) in [6.45, 7) is 2.72. The van der Waals surface area contributed by atoms with Crippen LogP contribution in [0.1, 0.15) is 24.0 Å². The van der Waals surface area contributed by atoms with Crippen molar-refractivity contribution in [3.63, 3.8) is 0 Å². The van der Waals surface area contributed by atoms with Crippen LogP contribution in [0.2, 0.25) is 0 Å². The Hall–Kier alpha value is -2.62. The topological polar surface area (TPSA) is 49.4 Å². The van der Waals surface area contributed by atoms with Crippen LogP contribution in [0, 0.1) is 18.8 Å². The van der Waals surface area contributed by atoms with Crippen molar-refractivity contribution in [1.29, 1.82) is 0 Å². The summed E-state index contributed by atoms with van der Waals surface area (Å²) in [5, 5.41) is 2.97. The first-order valence-corrected chi connectivity index (χ1v) is 8.91. The second kappa shape index (κ2) is 6.36. The Morgan fingerprint density at radius 3 is 2.64 bits per heavy atom. The van der Waals surface area contributed by atoms with E-state index in [1.165, 1.54) is 5.56 Å². The monoisotopic (exact) mass is 334 g/mol. The molecule has 0 saturated heterocycles. The summed E-state index contributed by atoms with van der Waals surface area (Å²) >= 11 is 0. The van der Waals surface area contributed by atoms with Gasteiger partial charge < -0.3 is 10.2 Å². The maximum Gasteiger partial charge on any atom is 0.230 e. The van der Waals surface area contributed by atoms with Gasteiger partial charge >= 0.3 is 0 Å². The molecule has 1 N–H and O–H groups in total. The first kappa shape index (κ1) is 15.9. The smallest absolute Gasteiger partial charge is 0.230 e. The molecule has 1 fully saturated rings. The highest BCUT2D eigenvalue weighted by Crippen LogP contribution is 2.42. The second-order valence-electron chi connectivity index (χ2n) is 6.98. The molecule has 128 valence electrons. The van der Waals surface area contributed by atoms with Gasteiger partial charge in [0, 0.05) is 17.9 Å². The van der Waals surface area contributed by atoms with Gasteiger partial charge in [-0.1, -0.05) is 36.4 Å². The molecular weight excluding hydrogens is 312 g/mol. The molecule has 1 aliphatic carbocycles. The van der Waals surface area contributed by atoms with Crippen molar-refractivity contribution in [1.82, 2.24) is 0 Å². The third kappa shape index (κ3) is 3.04. The number of aryl methyl sites for hydroxylation is 2. The summed E-state index contributed by atoms with van der Waals surface area (Å²) in [6.07, 6.45) is 2.65. The third-order valence-electron chi connectivity index (χ3n) is 5.22. The lowest BCUT2D eigenvalue weighted by atomic mass is 10.0. The summed E-state index contributed by atoms with van der Waals surface area (Å²) in [7, 11) is 0. The minimum absolute atomic E-state index is 0.0436. The van der Waals surface area contributed by atoms with Crippen LogP contribution in [0.3, 0.4) is 0 Å². The fourth-order valence-corrected chi connectivity index (χ4v) is 3.66. The number of anilines is 2. The molecule has 1 aliphatic heterocycles. The van der Waals surface area contributed by atoms with Crippen molar-refractivity contribution in [3.8, 4) is 0 Å². The molecule has 2 aliphatic rings. The molecule has 1 heterocycles. The fourth-order valence-electron chi connectivity index (χ4n) is 3.66. The number of amides is 2. The molecule has 2 aromatic rings. The number of nitrogens with zero attached hydrogens (tertiary/aromatic N) is 1. The molecule has 0 spiro atoms. The Morgan fingerprint density at radius 2 is 1.80 bits per heavy atom. The number of hydrogen-bond donors (Lipinski definition) is 1. The molecule has 1 saturated carbocycles. The molecule has 0 radical (unpaired) electrons. The van der Waals surface area contributed by atoms with Crippen LogP contribution >= 0.6 is 0 Å². The van der Waals surface area contributed by atoms with Crippen molar-refractivity contribution in [2.45, 2.75) is 26.2 Å². The number of rotatable bonds is 3. The number of benzene rings is 2. The molecular formula is C21H22N2O2. The van der Waals surface area contributed by atoms with Gasteiger partial charge in [0.1, 0.15) is 0 Å². The Morgan fingerprint density at radius 1 is 1.04 bits per heavy atom. The molecule has 2 unspecified atom stereocenters. The van der Waals surface area contributed by atoms with E-state index < -0.39 is 0 Å². The first-order valence-electron chi connectivity index (χ1n) is 8.91.